The summed E-state index contributed by atoms with van der Waals surface area (Å²) in [4.78, 5) is 16.7. The largest absolute Gasteiger partial charge is 0.461 e. The second-order valence-corrected chi connectivity index (χ2v) is 8.74. The van der Waals surface area contributed by atoms with Crippen LogP contribution in [0.1, 0.15) is 21.5 Å². The van der Waals surface area contributed by atoms with E-state index in [-0.39, 0.29) is 10.9 Å². The summed E-state index contributed by atoms with van der Waals surface area (Å²) in [5, 5.41) is 0. The number of aryl methyl sites for hydroxylation is 1. The number of benzene rings is 2. The Morgan fingerprint density at radius 2 is 1.72 bits per heavy atom. The molecular weight excluding hydrogens is 390 g/mol. The predicted octanol–water partition coefficient (Wildman–Crippen LogP) is 1.92. The van der Waals surface area contributed by atoms with E-state index in [4.69, 9.17) is 4.74 Å². The van der Waals surface area contributed by atoms with Gasteiger partial charge in [0.05, 0.1) is 5.56 Å². The minimum absolute atomic E-state index is 0.278. The molecule has 2 heterocycles. The molecule has 2 aliphatic rings. The van der Waals surface area contributed by atoms with Crippen molar-refractivity contribution < 1.29 is 17.9 Å². The molecule has 0 radical (unpaired) electrons. The number of hydrogen-bond acceptors (Lipinski definition) is 6. The molecule has 0 spiro atoms. The van der Waals surface area contributed by atoms with Crippen LogP contribution in [-0.4, -0.2) is 69.4 Å². The highest BCUT2D eigenvalue weighted by atomic mass is 32.2. The summed E-state index contributed by atoms with van der Waals surface area (Å²) < 4.78 is 33.9. The Morgan fingerprint density at radius 3 is 2.48 bits per heavy atom. The van der Waals surface area contributed by atoms with Crippen LogP contribution in [0, 0.1) is 6.92 Å². The summed E-state index contributed by atoms with van der Waals surface area (Å²) in [7, 11) is -3.60. The maximum atomic E-state index is 12.2. The number of carbonyl (C=O) groups excluding carboxylic acids is 1. The first-order chi connectivity index (χ1) is 14.0. The molecule has 29 heavy (non-hydrogen) atoms. The number of sulfonamides is 1. The highest BCUT2D eigenvalue weighted by molar-refractivity contribution is 7.90. The van der Waals surface area contributed by atoms with E-state index < -0.39 is 10.0 Å². The number of carbonyl (C=O) groups is 1. The van der Waals surface area contributed by atoms with Crippen LogP contribution in [0.5, 0.6) is 0 Å². The number of amidine groups is 1. The molecule has 1 saturated heterocycles. The standard InChI is InChI=1S/C21H23N3O4S/c1-16-6-2-3-7-17(16)21(25)28-15-14-23-10-12-24(13-11-23)20-18-8-4-5-9-19(18)29(26,27)22-20/h2-9H,10-15H2,1H3. The maximum absolute atomic E-state index is 12.2. The summed E-state index contributed by atoms with van der Waals surface area (Å²) in [6.07, 6.45) is 0. The lowest BCUT2D eigenvalue weighted by Crippen LogP contribution is -2.49. The first-order valence-corrected chi connectivity index (χ1v) is 11.0. The van der Waals surface area contributed by atoms with E-state index in [1.54, 1.807) is 24.3 Å². The van der Waals surface area contributed by atoms with Gasteiger partial charge in [-0.05, 0) is 30.7 Å². The van der Waals surface area contributed by atoms with E-state index in [0.29, 0.717) is 43.2 Å². The second-order valence-electron chi connectivity index (χ2n) is 7.17. The SMILES string of the molecule is Cc1ccccc1C(=O)OCCN1CCN(C2=NS(=O)(=O)c3ccccc32)CC1. The number of piperazine rings is 1. The highest BCUT2D eigenvalue weighted by Crippen LogP contribution is 2.27. The molecule has 8 heteroatoms. The monoisotopic (exact) mass is 413 g/mol. The van der Waals surface area contributed by atoms with Crippen LogP contribution in [0.15, 0.2) is 57.8 Å². The van der Waals surface area contributed by atoms with Gasteiger partial charge >= 0.3 is 5.97 Å². The van der Waals surface area contributed by atoms with Crippen molar-refractivity contribution in [3.63, 3.8) is 0 Å². The topological polar surface area (TPSA) is 79.3 Å². The Bertz CT molecular complexity index is 1060. The lowest BCUT2D eigenvalue weighted by molar-refractivity contribution is 0.0441. The minimum Gasteiger partial charge on any atom is -0.461 e. The van der Waals surface area contributed by atoms with Crippen molar-refractivity contribution in [2.75, 3.05) is 39.3 Å². The van der Waals surface area contributed by atoms with Gasteiger partial charge in [0, 0.05) is 38.3 Å². The van der Waals surface area contributed by atoms with E-state index >= 15 is 0 Å². The third kappa shape index (κ3) is 4.04. The summed E-state index contributed by atoms with van der Waals surface area (Å²) in [6.45, 7) is 5.72. The first-order valence-electron chi connectivity index (χ1n) is 9.60. The van der Waals surface area contributed by atoms with Crippen molar-refractivity contribution >= 4 is 21.8 Å². The Balaban J connectivity index is 1.30. The summed E-state index contributed by atoms with van der Waals surface area (Å²) in [5.41, 5.74) is 2.17. The van der Waals surface area contributed by atoms with Crippen LogP contribution in [0.3, 0.4) is 0 Å². The van der Waals surface area contributed by atoms with E-state index in [9.17, 15) is 13.2 Å². The molecule has 0 saturated carbocycles. The van der Waals surface area contributed by atoms with Crippen molar-refractivity contribution in [2.45, 2.75) is 11.8 Å². The maximum Gasteiger partial charge on any atom is 0.338 e. The smallest absolute Gasteiger partial charge is 0.338 e. The van der Waals surface area contributed by atoms with Crippen molar-refractivity contribution in [1.29, 1.82) is 0 Å². The third-order valence-corrected chi connectivity index (χ3v) is 6.62. The fourth-order valence-corrected chi connectivity index (χ4v) is 4.87. The number of rotatable bonds is 4. The van der Waals surface area contributed by atoms with Gasteiger partial charge in [0.15, 0.2) is 5.84 Å². The number of nitrogens with zero attached hydrogens (tertiary/aromatic N) is 3. The Morgan fingerprint density at radius 1 is 1.03 bits per heavy atom. The molecule has 152 valence electrons. The molecule has 2 aliphatic heterocycles. The average molecular weight is 413 g/mol. The molecule has 0 unspecified atom stereocenters. The van der Waals surface area contributed by atoms with Gasteiger partial charge in [0.2, 0.25) is 0 Å². The lowest BCUT2D eigenvalue weighted by Gasteiger charge is -2.35. The van der Waals surface area contributed by atoms with Crippen molar-refractivity contribution in [3.8, 4) is 0 Å². The van der Waals surface area contributed by atoms with Gasteiger partial charge < -0.3 is 9.64 Å². The summed E-state index contributed by atoms with van der Waals surface area (Å²) in [6, 6.07) is 14.3. The molecule has 7 nitrogen and oxygen atoms in total. The van der Waals surface area contributed by atoms with Crippen molar-refractivity contribution in [2.24, 2.45) is 4.40 Å². The molecule has 0 bridgehead atoms. The average Bonchev–Trinajstić information content (AvgIpc) is 3.00. The van der Waals surface area contributed by atoms with Crippen molar-refractivity contribution in [1.82, 2.24) is 9.80 Å². The fourth-order valence-electron chi connectivity index (χ4n) is 3.65. The van der Waals surface area contributed by atoms with E-state index in [2.05, 4.69) is 9.30 Å². The van der Waals surface area contributed by atoms with Gasteiger partial charge in [-0.25, -0.2) is 4.79 Å². The third-order valence-electron chi connectivity index (χ3n) is 5.29. The lowest BCUT2D eigenvalue weighted by atomic mass is 10.1. The number of hydrogen-bond donors (Lipinski definition) is 0. The summed E-state index contributed by atoms with van der Waals surface area (Å²) in [5.74, 6) is 0.232. The minimum atomic E-state index is -3.60. The zero-order valence-electron chi connectivity index (χ0n) is 16.2. The number of esters is 1. The molecule has 4 rings (SSSR count). The number of fused-ring (bicyclic) bond motifs is 1. The second kappa shape index (κ2) is 7.96. The normalized spacial score (nSPS) is 18.2. The summed E-state index contributed by atoms with van der Waals surface area (Å²) >= 11 is 0. The molecule has 2 aromatic carbocycles. The van der Waals surface area contributed by atoms with E-state index in [0.717, 1.165) is 18.7 Å². The van der Waals surface area contributed by atoms with Crippen LogP contribution < -0.4 is 0 Å². The quantitative estimate of drug-likeness (QED) is 0.713. The van der Waals surface area contributed by atoms with Crippen LogP contribution in [0.4, 0.5) is 0 Å². The van der Waals surface area contributed by atoms with Gasteiger partial charge in [-0.15, -0.1) is 4.40 Å². The molecule has 0 N–H and O–H groups in total. The van der Waals surface area contributed by atoms with Gasteiger partial charge in [-0.1, -0.05) is 30.3 Å². The zero-order chi connectivity index (χ0) is 20.4. The van der Waals surface area contributed by atoms with Crippen LogP contribution in [0.25, 0.3) is 0 Å². The highest BCUT2D eigenvalue weighted by Gasteiger charge is 2.32. The first kappa shape index (κ1) is 19.6. The predicted molar refractivity (Wildman–Crippen MR) is 110 cm³/mol. The number of ether oxygens (including phenoxy) is 1. The Hall–Kier alpha value is -2.71. The molecule has 0 aromatic heterocycles. The van der Waals surface area contributed by atoms with Gasteiger partial charge in [-0.2, -0.15) is 8.42 Å². The van der Waals surface area contributed by atoms with Gasteiger partial charge in [-0.3, -0.25) is 4.90 Å². The Kier molecular flexibility index (Phi) is 5.38. The zero-order valence-corrected chi connectivity index (χ0v) is 17.1. The van der Waals surface area contributed by atoms with Gasteiger partial charge in [0.1, 0.15) is 11.5 Å². The van der Waals surface area contributed by atoms with E-state index in [1.165, 1.54) is 0 Å². The molecular formula is C21H23N3O4S. The molecule has 0 aliphatic carbocycles. The molecule has 0 atom stereocenters. The van der Waals surface area contributed by atoms with Gasteiger partial charge in [0.25, 0.3) is 10.0 Å². The van der Waals surface area contributed by atoms with E-state index in [1.807, 2.05) is 36.1 Å². The molecule has 1 fully saturated rings. The molecule has 0 amide bonds. The Labute approximate surface area is 170 Å². The van der Waals surface area contributed by atoms with Crippen LogP contribution in [-0.2, 0) is 14.8 Å². The van der Waals surface area contributed by atoms with Crippen molar-refractivity contribution in [3.05, 3.63) is 65.2 Å². The molecule has 2 aromatic rings. The van der Waals surface area contributed by atoms with Crippen LogP contribution >= 0.6 is 0 Å². The van der Waals surface area contributed by atoms with Crippen LogP contribution in [0.2, 0.25) is 0 Å². The fraction of sp³-hybridized carbons (Fsp3) is 0.333.